The zero-order valence-electron chi connectivity index (χ0n) is 7.46. The Balaban J connectivity index is 2.91. The van der Waals surface area contributed by atoms with Gasteiger partial charge in [0.2, 0.25) is 5.24 Å². The monoisotopic (exact) mass is 230 g/mol. The van der Waals surface area contributed by atoms with Crippen molar-refractivity contribution in [2.45, 2.75) is 0 Å². The molecule has 0 saturated heterocycles. The summed E-state index contributed by atoms with van der Waals surface area (Å²) < 4.78 is 4.98. The van der Waals surface area contributed by atoms with Gasteiger partial charge in [0.25, 0.3) is 0 Å². The fourth-order valence-corrected chi connectivity index (χ4v) is 1.28. The Morgan fingerprint density at radius 3 is 2.71 bits per heavy atom. The Kier molecular flexibility index (Phi) is 3.98. The topological polar surface area (TPSA) is 26.3 Å². The predicted molar refractivity (Wildman–Crippen MR) is 57.9 cm³/mol. The third-order valence-electron chi connectivity index (χ3n) is 1.58. The zero-order valence-corrected chi connectivity index (χ0v) is 8.97. The van der Waals surface area contributed by atoms with E-state index in [9.17, 15) is 4.79 Å². The lowest BCUT2D eigenvalue weighted by Gasteiger charge is -2.02. The Bertz CT molecular complexity index is 372. The van der Waals surface area contributed by atoms with Gasteiger partial charge in [-0.3, -0.25) is 4.79 Å². The van der Waals surface area contributed by atoms with Gasteiger partial charge in [0.15, 0.2) is 0 Å². The summed E-state index contributed by atoms with van der Waals surface area (Å²) in [6, 6.07) is 5.19. The van der Waals surface area contributed by atoms with Crippen molar-refractivity contribution in [2.24, 2.45) is 0 Å². The van der Waals surface area contributed by atoms with E-state index in [1.54, 1.807) is 31.4 Å². The van der Waals surface area contributed by atoms with Crippen molar-refractivity contribution in [3.63, 3.8) is 0 Å². The summed E-state index contributed by atoms with van der Waals surface area (Å²) in [5, 5.41) is -0.0198. The molecular formula is C10H8Cl2O2. The van der Waals surface area contributed by atoms with Crippen LogP contribution in [0.25, 0.3) is 6.08 Å². The standard InChI is InChI=1S/C10H8Cl2O2/c1-14-9-4-2-7(6-8(9)11)3-5-10(12)13/h2-6H,1H3. The van der Waals surface area contributed by atoms with Crippen LogP contribution in [-0.2, 0) is 4.79 Å². The van der Waals surface area contributed by atoms with Gasteiger partial charge < -0.3 is 4.74 Å². The van der Waals surface area contributed by atoms with E-state index < -0.39 is 5.24 Å². The smallest absolute Gasteiger partial charge is 0.245 e. The molecule has 0 aromatic heterocycles. The summed E-state index contributed by atoms with van der Waals surface area (Å²) in [6.07, 6.45) is 2.85. The quantitative estimate of drug-likeness (QED) is 0.590. The van der Waals surface area contributed by atoms with Gasteiger partial charge in [0.05, 0.1) is 12.1 Å². The van der Waals surface area contributed by atoms with Crippen LogP contribution in [-0.4, -0.2) is 12.4 Å². The van der Waals surface area contributed by atoms with E-state index in [1.165, 1.54) is 6.08 Å². The normalized spacial score (nSPS) is 10.5. The highest BCUT2D eigenvalue weighted by atomic mass is 35.5. The molecule has 74 valence electrons. The molecule has 0 bridgehead atoms. The lowest BCUT2D eigenvalue weighted by molar-refractivity contribution is -0.107. The van der Waals surface area contributed by atoms with Gasteiger partial charge in [0.1, 0.15) is 5.75 Å². The van der Waals surface area contributed by atoms with Crippen LogP contribution in [0.4, 0.5) is 0 Å². The summed E-state index contributed by atoms with van der Waals surface area (Å²) in [4.78, 5) is 10.4. The average molecular weight is 231 g/mol. The lowest BCUT2D eigenvalue weighted by Crippen LogP contribution is -1.84. The van der Waals surface area contributed by atoms with Gasteiger partial charge in [0, 0.05) is 0 Å². The SMILES string of the molecule is COc1ccc(C=CC(=O)Cl)cc1Cl. The summed E-state index contributed by atoms with van der Waals surface area (Å²) in [5.41, 5.74) is 0.796. The molecule has 14 heavy (non-hydrogen) atoms. The number of rotatable bonds is 3. The summed E-state index contributed by atoms with van der Waals surface area (Å²) in [5.74, 6) is 0.598. The molecule has 0 atom stereocenters. The van der Waals surface area contributed by atoms with Crippen LogP contribution in [0.5, 0.6) is 5.75 Å². The molecule has 0 N–H and O–H groups in total. The minimum Gasteiger partial charge on any atom is -0.495 e. The number of ether oxygens (including phenoxy) is 1. The van der Waals surface area contributed by atoms with E-state index in [0.29, 0.717) is 10.8 Å². The van der Waals surface area contributed by atoms with Crippen LogP contribution in [0.2, 0.25) is 5.02 Å². The van der Waals surface area contributed by atoms with Crippen LogP contribution < -0.4 is 4.74 Å². The summed E-state index contributed by atoms with van der Waals surface area (Å²) in [7, 11) is 1.54. The molecule has 0 aliphatic rings. The Morgan fingerprint density at radius 1 is 1.50 bits per heavy atom. The molecule has 0 amide bonds. The Hall–Kier alpha value is -0.990. The van der Waals surface area contributed by atoms with Crippen LogP contribution in [0.3, 0.4) is 0 Å². The minimum atomic E-state index is -0.517. The summed E-state index contributed by atoms with van der Waals surface area (Å²) >= 11 is 11.0. The van der Waals surface area contributed by atoms with Crippen molar-refractivity contribution < 1.29 is 9.53 Å². The van der Waals surface area contributed by atoms with Gasteiger partial charge in [-0.1, -0.05) is 23.7 Å². The minimum absolute atomic E-state index is 0.497. The number of carbonyl (C=O) groups is 1. The molecule has 2 nitrogen and oxygen atoms in total. The van der Waals surface area contributed by atoms with Crippen LogP contribution in [0, 0.1) is 0 Å². The van der Waals surface area contributed by atoms with Gasteiger partial charge in [-0.05, 0) is 35.4 Å². The second-order valence-corrected chi connectivity index (χ2v) is 3.31. The highest BCUT2D eigenvalue weighted by Crippen LogP contribution is 2.25. The fraction of sp³-hybridized carbons (Fsp3) is 0.100. The number of benzene rings is 1. The van der Waals surface area contributed by atoms with Gasteiger partial charge in [-0.15, -0.1) is 0 Å². The van der Waals surface area contributed by atoms with Gasteiger partial charge >= 0.3 is 0 Å². The van der Waals surface area contributed by atoms with Crippen molar-refractivity contribution >= 4 is 34.5 Å². The van der Waals surface area contributed by atoms with E-state index in [2.05, 4.69) is 0 Å². The van der Waals surface area contributed by atoms with E-state index in [4.69, 9.17) is 27.9 Å². The lowest BCUT2D eigenvalue weighted by atomic mass is 10.2. The second kappa shape index (κ2) is 5.03. The van der Waals surface area contributed by atoms with E-state index in [0.717, 1.165) is 5.56 Å². The maximum Gasteiger partial charge on any atom is 0.245 e. The molecule has 0 aliphatic carbocycles. The van der Waals surface area contributed by atoms with Crippen LogP contribution in [0.15, 0.2) is 24.3 Å². The third kappa shape index (κ3) is 3.05. The maximum atomic E-state index is 10.4. The van der Waals surface area contributed by atoms with E-state index in [-0.39, 0.29) is 0 Å². The fourth-order valence-electron chi connectivity index (χ4n) is 0.948. The molecule has 0 aliphatic heterocycles. The first kappa shape index (κ1) is 11.1. The van der Waals surface area contributed by atoms with E-state index >= 15 is 0 Å². The predicted octanol–water partition coefficient (Wildman–Crippen LogP) is 3.13. The van der Waals surface area contributed by atoms with Crippen molar-refractivity contribution in [3.8, 4) is 5.75 Å². The molecule has 0 heterocycles. The van der Waals surface area contributed by atoms with Gasteiger partial charge in [-0.2, -0.15) is 0 Å². The third-order valence-corrected chi connectivity index (χ3v) is 2.00. The number of carbonyl (C=O) groups excluding carboxylic acids is 1. The molecule has 0 saturated carbocycles. The largest absolute Gasteiger partial charge is 0.495 e. The maximum absolute atomic E-state index is 10.4. The first-order chi connectivity index (χ1) is 6.63. The number of hydrogen-bond donors (Lipinski definition) is 0. The van der Waals surface area contributed by atoms with Crippen molar-refractivity contribution in [2.75, 3.05) is 7.11 Å². The molecule has 0 spiro atoms. The molecular weight excluding hydrogens is 223 g/mol. The first-order valence-electron chi connectivity index (χ1n) is 3.84. The first-order valence-corrected chi connectivity index (χ1v) is 4.60. The molecule has 1 aromatic carbocycles. The van der Waals surface area contributed by atoms with Crippen molar-refractivity contribution in [3.05, 3.63) is 34.9 Å². The number of allylic oxidation sites excluding steroid dienone is 1. The van der Waals surface area contributed by atoms with Crippen molar-refractivity contribution in [1.29, 1.82) is 0 Å². The highest BCUT2D eigenvalue weighted by Gasteiger charge is 1.99. The van der Waals surface area contributed by atoms with Gasteiger partial charge in [-0.25, -0.2) is 0 Å². The van der Waals surface area contributed by atoms with Crippen molar-refractivity contribution in [1.82, 2.24) is 0 Å². The van der Waals surface area contributed by atoms with Crippen LogP contribution >= 0.6 is 23.2 Å². The molecule has 0 radical (unpaired) electrons. The highest BCUT2D eigenvalue weighted by molar-refractivity contribution is 6.66. The Morgan fingerprint density at radius 2 is 2.21 bits per heavy atom. The molecule has 0 fully saturated rings. The zero-order chi connectivity index (χ0) is 10.6. The van der Waals surface area contributed by atoms with Crippen LogP contribution in [0.1, 0.15) is 5.56 Å². The summed E-state index contributed by atoms with van der Waals surface area (Å²) in [6.45, 7) is 0. The molecule has 1 rings (SSSR count). The number of hydrogen-bond acceptors (Lipinski definition) is 2. The average Bonchev–Trinajstić information content (AvgIpc) is 2.15. The number of halogens is 2. The number of methoxy groups -OCH3 is 1. The molecule has 4 heteroatoms. The molecule has 1 aromatic rings. The molecule has 0 unspecified atom stereocenters. The van der Waals surface area contributed by atoms with E-state index in [1.807, 2.05) is 0 Å². The second-order valence-electron chi connectivity index (χ2n) is 2.53. The Labute approximate surface area is 92.1 Å².